The number of carboxylic acid groups (broad SMARTS) is 1. The largest absolute Gasteiger partial charge is 0.481 e. The lowest BCUT2D eigenvalue weighted by Crippen LogP contribution is -2.66. The molecule has 4 fully saturated rings. The van der Waals surface area contributed by atoms with Gasteiger partial charge in [-0.05, 0) is 74.3 Å². The minimum Gasteiger partial charge on any atom is -0.481 e. The van der Waals surface area contributed by atoms with Crippen molar-refractivity contribution in [1.29, 1.82) is 0 Å². The van der Waals surface area contributed by atoms with E-state index in [1.54, 1.807) is 53.7 Å². The van der Waals surface area contributed by atoms with E-state index < -0.39 is 183 Å². The maximum absolute atomic E-state index is 14.2. The highest BCUT2D eigenvalue weighted by atomic mass is 16.7. The Kier molecular flexibility index (Phi) is 28.0. The molecule has 24 nitrogen and oxygen atoms in total. The molecule has 0 unspecified atom stereocenters. The van der Waals surface area contributed by atoms with Crippen LogP contribution in [0.4, 0.5) is 0 Å². The van der Waals surface area contributed by atoms with Gasteiger partial charge in [-0.3, -0.25) is 9.59 Å². The summed E-state index contributed by atoms with van der Waals surface area (Å²) in [6.45, 7) is 18.8. The molecule has 5 heterocycles. The Labute approximate surface area is 506 Å². The summed E-state index contributed by atoms with van der Waals surface area (Å²) < 4.78 is 78.0. The van der Waals surface area contributed by atoms with Gasteiger partial charge in [0.1, 0.15) is 36.6 Å². The minimum atomic E-state index is -2.57. The summed E-state index contributed by atoms with van der Waals surface area (Å²) in [7, 11) is 5.70. The first-order valence-electron chi connectivity index (χ1n) is 29.9. The summed E-state index contributed by atoms with van der Waals surface area (Å²) in [5.74, 6) is -7.68. The summed E-state index contributed by atoms with van der Waals surface area (Å²) in [5.41, 5.74) is 0.757. The zero-order valence-electron chi connectivity index (χ0n) is 52.7. The molecule has 0 aliphatic carbocycles. The van der Waals surface area contributed by atoms with Gasteiger partial charge in [-0.2, -0.15) is 0 Å². The number of ether oxygens (including phenoxy) is 13. The highest BCUT2D eigenvalue weighted by Crippen LogP contribution is 2.43. The van der Waals surface area contributed by atoms with E-state index in [1.807, 2.05) is 45.1 Å². The van der Waals surface area contributed by atoms with Gasteiger partial charge in [0.2, 0.25) is 5.79 Å². The van der Waals surface area contributed by atoms with Crippen LogP contribution in [0.25, 0.3) is 0 Å². The number of aliphatic carboxylic acids is 1. The molecule has 5 rings (SSSR count). The van der Waals surface area contributed by atoms with Gasteiger partial charge in [-0.25, -0.2) is 4.79 Å². The second-order valence-electron chi connectivity index (χ2n) is 24.3. The molecule has 4 saturated heterocycles. The second kappa shape index (κ2) is 32.9. The van der Waals surface area contributed by atoms with Crippen molar-refractivity contribution in [1.82, 2.24) is 0 Å². The highest BCUT2D eigenvalue weighted by molar-refractivity contribution is 5.88. The van der Waals surface area contributed by atoms with E-state index in [9.17, 15) is 50.1 Å². The zero-order chi connectivity index (χ0) is 64.1. The van der Waals surface area contributed by atoms with Crippen LogP contribution in [0.3, 0.4) is 0 Å². The Bertz CT molecular complexity index is 2340. The van der Waals surface area contributed by atoms with Crippen LogP contribution < -0.4 is 0 Å². The standard InChI is InChI=1S/C62H100O24/c1-31-17-16-18-42(63)45(75-13)27-47(82-59(71)35(5)25-33(3)23-32(2)24-34(4)43(20-19-31)83-60-54(69)56(55(77-15)39(9)80-60)84-49(66)22-21-48(64)65)57(70)62(73)37(7)52(67)36(6)44(86-62)26-41(30-74-12)81-51-29-61(11,72)58(40(10)79-51)85-50-28-46(76-14)53(68)38(8)78-50/h17,19-20,23-25,34,36-47,50-58,60,63,67-70,72-73H,16,18,21-22,26-30H2,1-15H3,(H,64,65)/b20-19+,31-17+,32-24+,33-23+,35-25+/t34-,36+,37-,38-,39+,40+,41-,42+,43-,44-,45+,46-,47+,50+,51+,52+,53-,54+,55+,56+,57-,58+,60+,61+,62-/m1/s1. The van der Waals surface area contributed by atoms with Crippen LogP contribution in [0.2, 0.25) is 0 Å². The molecule has 0 saturated carbocycles. The molecule has 0 aromatic rings. The van der Waals surface area contributed by atoms with Crippen LogP contribution in [0.15, 0.2) is 58.7 Å². The molecule has 5 aliphatic heterocycles. The van der Waals surface area contributed by atoms with Crippen LogP contribution >= 0.6 is 0 Å². The first-order chi connectivity index (χ1) is 40.4. The first-order valence-corrected chi connectivity index (χ1v) is 29.9. The van der Waals surface area contributed by atoms with Crippen molar-refractivity contribution in [3.8, 4) is 0 Å². The fourth-order valence-electron chi connectivity index (χ4n) is 12.1. The van der Waals surface area contributed by atoms with Crippen LogP contribution in [0, 0.1) is 17.8 Å². The van der Waals surface area contributed by atoms with Gasteiger partial charge >= 0.3 is 17.9 Å². The molecule has 0 bridgehead atoms. The van der Waals surface area contributed by atoms with Crippen molar-refractivity contribution < 1.29 is 117 Å². The van der Waals surface area contributed by atoms with Crippen molar-refractivity contribution in [2.75, 3.05) is 35.0 Å². The Hall–Kier alpha value is -3.61. The first kappa shape index (κ1) is 73.1. The van der Waals surface area contributed by atoms with Gasteiger partial charge in [-0.1, -0.05) is 67.9 Å². The number of aliphatic hydroxyl groups is 7. The summed E-state index contributed by atoms with van der Waals surface area (Å²) in [4.78, 5) is 38.1. The van der Waals surface area contributed by atoms with Crippen LogP contribution in [-0.2, 0) is 76.0 Å². The van der Waals surface area contributed by atoms with E-state index in [2.05, 4.69) is 0 Å². The van der Waals surface area contributed by atoms with Crippen molar-refractivity contribution >= 4 is 17.9 Å². The van der Waals surface area contributed by atoms with Crippen LogP contribution in [0.5, 0.6) is 0 Å². The number of hydrogen-bond donors (Lipinski definition) is 8. The minimum absolute atomic E-state index is 0.00992. The smallest absolute Gasteiger partial charge is 0.334 e. The summed E-state index contributed by atoms with van der Waals surface area (Å²) >= 11 is 0. The number of cyclic esters (lactones) is 1. The van der Waals surface area contributed by atoms with Crippen LogP contribution in [0.1, 0.15) is 128 Å². The summed E-state index contributed by atoms with van der Waals surface area (Å²) in [6, 6.07) is 0. The Morgan fingerprint density at radius 1 is 0.767 bits per heavy atom. The molecule has 5 aliphatic rings. The van der Waals surface area contributed by atoms with E-state index in [1.165, 1.54) is 42.3 Å². The van der Waals surface area contributed by atoms with Crippen molar-refractivity contribution in [2.24, 2.45) is 17.8 Å². The monoisotopic (exact) mass is 1230 g/mol. The number of aliphatic hydroxyl groups excluding tert-OH is 5. The quantitative estimate of drug-likeness (QED) is 0.0847. The second-order valence-corrected chi connectivity index (χ2v) is 24.3. The Morgan fingerprint density at radius 3 is 2.07 bits per heavy atom. The fourth-order valence-corrected chi connectivity index (χ4v) is 12.1. The summed E-state index contributed by atoms with van der Waals surface area (Å²) in [5, 5.41) is 91.7. The molecule has 24 heteroatoms. The predicted molar refractivity (Wildman–Crippen MR) is 308 cm³/mol. The Morgan fingerprint density at radius 2 is 1.44 bits per heavy atom. The van der Waals surface area contributed by atoms with Gasteiger partial charge < -0.3 is 102 Å². The molecule has 0 amide bonds. The third-order valence-electron chi connectivity index (χ3n) is 17.2. The van der Waals surface area contributed by atoms with Crippen molar-refractivity contribution in [3.63, 3.8) is 0 Å². The number of carbonyl (C=O) groups excluding carboxylic acids is 2. The molecule has 0 aromatic carbocycles. The van der Waals surface area contributed by atoms with Gasteiger partial charge in [0.15, 0.2) is 25.0 Å². The molecule has 0 radical (unpaired) electrons. The number of allylic oxidation sites excluding steroid dienone is 7. The Balaban J connectivity index is 1.38. The van der Waals surface area contributed by atoms with Gasteiger partial charge in [0, 0.05) is 77.4 Å². The van der Waals surface area contributed by atoms with Gasteiger partial charge in [0.25, 0.3) is 0 Å². The van der Waals surface area contributed by atoms with Gasteiger partial charge in [0.05, 0.1) is 86.1 Å². The number of hydrogen-bond acceptors (Lipinski definition) is 23. The average Bonchev–Trinajstić information content (AvgIpc) is 0.998. The van der Waals surface area contributed by atoms with Crippen LogP contribution in [-0.4, -0.2) is 228 Å². The number of esters is 2. The molecule has 8 N–H and O–H groups in total. The zero-order valence-corrected chi connectivity index (χ0v) is 52.7. The molecule has 492 valence electrons. The summed E-state index contributed by atoms with van der Waals surface area (Å²) in [6.07, 6.45) is -10.6. The molecule has 25 atom stereocenters. The predicted octanol–water partition coefficient (Wildman–Crippen LogP) is 4.00. The van der Waals surface area contributed by atoms with E-state index in [-0.39, 0.29) is 44.3 Å². The maximum Gasteiger partial charge on any atom is 0.334 e. The van der Waals surface area contributed by atoms with E-state index >= 15 is 0 Å². The van der Waals surface area contributed by atoms with Crippen molar-refractivity contribution in [2.45, 2.75) is 262 Å². The van der Waals surface area contributed by atoms with Crippen molar-refractivity contribution in [3.05, 3.63) is 58.7 Å². The van der Waals surface area contributed by atoms with E-state index in [0.29, 0.717) is 12.0 Å². The fraction of sp³-hybridized carbons (Fsp3) is 0.790. The lowest BCUT2D eigenvalue weighted by molar-refractivity contribution is -0.366. The topological polar surface area (TPSA) is 333 Å². The molecular weight excluding hydrogens is 1130 g/mol. The number of carboxylic acids is 1. The third kappa shape index (κ3) is 19.5. The average molecular weight is 1230 g/mol. The maximum atomic E-state index is 14.2. The normalized spacial score (nSPS) is 43.7. The SMILES string of the molecule is COC[C@@H](C[C@H]1O[C@@](O)([C@H](O)[C@@H]2C[C@H](OC)[C@@H](O)CC/C=C(C)/C=C/[C@@H](O[C@@H]3O[C@@H](C)[C@H](OC)[C@@H](OC(=O)CCC(=O)O)[C@@H]3O)[C@H](C)/C=C(C)/C=C(C)/C=C(\C)C(=O)O2)[C@H](C)[C@@H](O)[C@H]1C)O[C@H]1C[C@](C)(O)[C@@H](O[C@H]2C[C@@H](OC)[C@H](O)[C@@H](C)O2)[C@H](C)O1. The molecule has 0 aromatic heterocycles. The van der Waals surface area contributed by atoms with E-state index in [0.717, 1.165) is 11.1 Å². The number of methoxy groups -OCH3 is 4. The highest BCUT2D eigenvalue weighted by Gasteiger charge is 2.58. The lowest BCUT2D eigenvalue weighted by atomic mass is 9.76. The van der Waals surface area contributed by atoms with E-state index in [4.69, 9.17) is 66.7 Å². The molecular formula is C62H100O24. The number of rotatable bonds is 19. The molecule has 86 heavy (non-hydrogen) atoms. The third-order valence-corrected chi connectivity index (χ3v) is 17.2. The number of carbonyl (C=O) groups is 3. The van der Waals surface area contributed by atoms with Gasteiger partial charge in [-0.15, -0.1) is 0 Å². The molecule has 0 spiro atoms. The lowest BCUT2D eigenvalue weighted by Gasteiger charge is -2.51.